The Morgan fingerprint density at radius 1 is 0.868 bits per heavy atom. The number of aromatic amines is 1. The van der Waals surface area contributed by atoms with E-state index in [2.05, 4.69) is 15.0 Å². The summed E-state index contributed by atoms with van der Waals surface area (Å²) >= 11 is 0. The van der Waals surface area contributed by atoms with Gasteiger partial charge in [-0.25, -0.2) is 13.1 Å². The van der Waals surface area contributed by atoms with Crippen LogP contribution in [0.3, 0.4) is 0 Å². The normalized spacial score (nSPS) is 20.9. The third-order valence-electron chi connectivity index (χ3n) is 9.85. The minimum Gasteiger partial charge on any atom is -0.497 e. The number of methoxy groups -OCH3 is 1. The molecule has 7 rings (SSSR count). The first-order valence-corrected chi connectivity index (χ1v) is 19.7. The highest BCUT2D eigenvalue weighted by Crippen LogP contribution is 2.43. The topological polar surface area (TPSA) is 181 Å². The molecule has 5 N–H and O–H groups in total. The monoisotopic (exact) mass is 743 g/mol. The van der Waals surface area contributed by atoms with Gasteiger partial charge in [0.2, 0.25) is 17.7 Å². The molecule has 0 bridgehead atoms. The molecule has 0 radical (unpaired) electrons. The zero-order valence-corrected chi connectivity index (χ0v) is 31.1. The number of nitrogens with two attached hydrogens (primary N) is 1. The zero-order valence-electron chi connectivity index (χ0n) is 30.3. The molecule has 4 aromatic rings. The van der Waals surface area contributed by atoms with Gasteiger partial charge >= 0.3 is 0 Å². The second-order valence-corrected chi connectivity index (χ2v) is 15.3. The number of sulfonamides is 1. The molecular formula is C40H49N5O7S. The summed E-state index contributed by atoms with van der Waals surface area (Å²) in [5.74, 6) is 0.163. The third-order valence-corrected chi connectivity index (χ3v) is 11.3. The summed E-state index contributed by atoms with van der Waals surface area (Å²) in [7, 11) is -2.21. The molecule has 3 atom stereocenters. The molecule has 3 aliphatic rings. The average molecular weight is 744 g/mol. The van der Waals surface area contributed by atoms with Gasteiger partial charge in [-0.05, 0) is 67.9 Å². The molecule has 13 heteroatoms. The summed E-state index contributed by atoms with van der Waals surface area (Å²) < 4.78 is 32.5. The third kappa shape index (κ3) is 10.5. The number of H-pyrrole nitrogens is 1. The van der Waals surface area contributed by atoms with Crippen molar-refractivity contribution >= 4 is 44.3 Å². The number of hydrogen-bond acceptors (Lipinski definition) is 8. The molecule has 1 saturated carbocycles. The molecular weight excluding hydrogens is 695 g/mol. The van der Waals surface area contributed by atoms with Crippen LogP contribution in [0.2, 0.25) is 0 Å². The number of carbonyl (C=O) groups is 3. The van der Waals surface area contributed by atoms with E-state index in [9.17, 15) is 27.6 Å². The van der Waals surface area contributed by atoms with E-state index in [0.29, 0.717) is 23.5 Å². The number of nitrogens with one attached hydrogen (secondary N) is 3. The fraction of sp³-hybridized carbons (Fsp3) is 0.400. The highest BCUT2D eigenvalue weighted by atomic mass is 32.2. The fourth-order valence-corrected chi connectivity index (χ4v) is 8.07. The lowest BCUT2D eigenvalue weighted by Gasteiger charge is -2.19. The van der Waals surface area contributed by atoms with Crippen LogP contribution in [-0.2, 0) is 24.4 Å². The second-order valence-electron chi connectivity index (χ2n) is 13.6. The molecule has 0 unspecified atom stereocenters. The van der Waals surface area contributed by atoms with Gasteiger partial charge in [0.05, 0.1) is 18.3 Å². The number of pyridine rings is 1. The van der Waals surface area contributed by atoms with Gasteiger partial charge in [0, 0.05) is 49.1 Å². The van der Waals surface area contributed by atoms with Gasteiger partial charge in [-0.3, -0.25) is 19.2 Å². The maximum Gasteiger partial charge on any atom is 0.266 e. The van der Waals surface area contributed by atoms with E-state index in [4.69, 9.17) is 10.5 Å². The molecule has 3 heterocycles. The molecule has 53 heavy (non-hydrogen) atoms. The van der Waals surface area contributed by atoms with Crippen LogP contribution < -0.4 is 25.9 Å². The molecule has 2 aliphatic heterocycles. The maximum absolute atomic E-state index is 12.5. The quantitative estimate of drug-likeness (QED) is 0.210. The number of aromatic nitrogens is 1. The van der Waals surface area contributed by atoms with Crippen LogP contribution in [0.1, 0.15) is 64.7 Å². The lowest BCUT2D eigenvalue weighted by molar-refractivity contribution is -0.135. The van der Waals surface area contributed by atoms with E-state index in [1.54, 1.807) is 49.6 Å². The highest BCUT2D eigenvalue weighted by Gasteiger charge is 2.43. The van der Waals surface area contributed by atoms with Crippen LogP contribution in [-0.4, -0.2) is 62.3 Å². The van der Waals surface area contributed by atoms with Crippen molar-refractivity contribution in [3.63, 3.8) is 0 Å². The largest absolute Gasteiger partial charge is 0.497 e. The first kappa shape index (κ1) is 39.0. The van der Waals surface area contributed by atoms with E-state index in [1.807, 2.05) is 36.4 Å². The number of carbonyl (C=O) groups excluding carboxylic acids is 3. The molecule has 0 spiro atoms. The van der Waals surface area contributed by atoms with Crippen molar-refractivity contribution < 1.29 is 27.5 Å². The van der Waals surface area contributed by atoms with Gasteiger partial charge in [-0.15, -0.1) is 0 Å². The zero-order chi connectivity index (χ0) is 38.0. The number of ether oxygens (including phenoxy) is 1. The first-order valence-electron chi connectivity index (χ1n) is 18.2. The van der Waals surface area contributed by atoms with Gasteiger partial charge in [0.15, 0.2) is 5.43 Å². The van der Waals surface area contributed by atoms with Crippen molar-refractivity contribution in [3.8, 4) is 17.0 Å². The van der Waals surface area contributed by atoms with Gasteiger partial charge in [0.25, 0.3) is 10.0 Å². The summed E-state index contributed by atoms with van der Waals surface area (Å²) in [6.07, 6.45) is 9.15. The fourth-order valence-electron chi connectivity index (χ4n) is 6.85. The Kier molecular flexibility index (Phi) is 13.3. The molecule has 1 saturated heterocycles. The Labute approximate surface area is 310 Å². The lowest BCUT2D eigenvalue weighted by atomic mass is 10.1. The van der Waals surface area contributed by atoms with Gasteiger partial charge in [0.1, 0.15) is 16.7 Å². The van der Waals surface area contributed by atoms with Crippen molar-refractivity contribution in [2.45, 2.75) is 75.6 Å². The summed E-state index contributed by atoms with van der Waals surface area (Å²) in [5.41, 5.74) is 8.25. The number of amides is 3. The van der Waals surface area contributed by atoms with E-state index < -0.39 is 15.9 Å². The average Bonchev–Trinajstić information content (AvgIpc) is 3.75. The summed E-state index contributed by atoms with van der Waals surface area (Å²) in [4.78, 5) is 50.9. The number of anilines is 1. The van der Waals surface area contributed by atoms with Gasteiger partial charge < -0.3 is 25.7 Å². The van der Waals surface area contributed by atoms with Crippen LogP contribution in [0.4, 0.5) is 5.69 Å². The van der Waals surface area contributed by atoms with Crippen LogP contribution in [0.5, 0.6) is 5.75 Å². The minimum absolute atomic E-state index is 0.00950. The minimum atomic E-state index is -3.82. The van der Waals surface area contributed by atoms with Crippen LogP contribution in [0.15, 0.2) is 88.6 Å². The number of hydrogen-bond donors (Lipinski definition) is 4. The molecule has 3 amide bonds. The predicted octanol–water partition coefficient (Wildman–Crippen LogP) is 5.58. The summed E-state index contributed by atoms with van der Waals surface area (Å²) in [6, 6.07) is 23.2. The lowest BCUT2D eigenvalue weighted by Crippen LogP contribution is -2.42. The standard InChI is InChI=1S/C17H24N2O3S.C16H13NO2.C7H12N2O2/c20-17-14-12-13(14)8-4-2-1-3-7-11-18-15-9-5-6-10-16(15)23(21,22)19-17;1-19-12-7-8-13-15(9-12)17-14(10-16(13)18)11-5-3-2-4-6-11;1-5(10)9-4-2-3-6(9)7(8)11/h5-6,9-10,13-14,18H,1-4,7-8,11-12H2,(H,19,20);2-10H,1H3,(H,17,18);6H,2-4H2,1H3,(H2,8,11)/t13-,14+;;6-/m1.0/s1. The van der Waals surface area contributed by atoms with Crippen LogP contribution >= 0.6 is 0 Å². The second kappa shape index (κ2) is 18.0. The maximum atomic E-state index is 12.5. The van der Waals surface area contributed by atoms with E-state index >= 15 is 0 Å². The van der Waals surface area contributed by atoms with Crippen molar-refractivity contribution in [3.05, 3.63) is 89.1 Å². The summed E-state index contributed by atoms with van der Waals surface area (Å²) in [5, 5.41) is 3.86. The van der Waals surface area contributed by atoms with Crippen molar-refractivity contribution in [1.29, 1.82) is 0 Å². The number of primary amides is 1. The number of nitrogens with zero attached hydrogens (tertiary/aromatic N) is 1. The molecule has 12 nitrogen and oxygen atoms in total. The Hall–Kier alpha value is -5.17. The molecule has 1 aromatic heterocycles. The molecule has 282 valence electrons. The van der Waals surface area contributed by atoms with Crippen LogP contribution in [0, 0.1) is 11.8 Å². The predicted molar refractivity (Wildman–Crippen MR) is 206 cm³/mol. The van der Waals surface area contributed by atoms with Crippen LogP contribution in [0.25, 0.3) is 22.2 Å². The van der Waals surface area contributed by atoms with Crippen molar-refractivity contribution in [2.75, 3.05) is 25.5 Å². The summed E-state index contributed by atoms with van der Waals surface area (Å²) in [6.45, 7) is 2.87. The SMILES string of the molecule is CC(=O)N1CCC[C@H]1C(N)=O.COc1ccc2c(=O)cc(-c3ccccc3)[nH]c2c1.O=C1NS(=O)(=O)c2ccccc2NCCCCCCC[C@@H]2C[C@H]12. The van der Waals surface area contributed by atoms with Crippen molar-refractivity contribution in [2.24, 2.45) is 17.6 Å². The Balaban J connectivity index is 0.000000163. The van der Waals surface area contributed by atoms with Gasteiger partial charge in [-0.2, -0.15) is 0 Å². The number of rotatable bonds is 3. The smallest absolute Gasteiger partial charge is 0.266 e. The molecule has 2 fully saturated rings. The number of benzene rings is 3. The Bertz CT molecular complexity index is 2050. The van der Waals surface area contributed by atoms with E-state index in [0.717, 1.165) is 74.0 Å². The molecule has 1 aliphatic carbocycles. The number of fused-ring (bicyclic) bond motifs is 3. The van der Waals surface area contributed by atoms with E-state index in [1.165, 1.54) is 24.7 Å². The Morgan fingerprint density at radius 2 is 1.58 bits per heavy atom. The Morgan fingerprint density at radius 3 is 2.30 bits per heavy atom. The highest BCUT2D eigenvalue weighted by molar-refractivity contribution is 7.90. The van der Waals surface area contributed by atoms with Crippen molar-refractivity contribution in [1.82, 2.24) is 14.6 Å². The number of likely N-dealkylation sites (tertiary alicyclic amines) is 1. The van der Waals surface area contributed by atoms with Gasteiger partial charge in [-0.1, -0.05) is 68.1 Å². The molecule has 3 aromatic carbocycles. The number of para-hydroxylation sites is 1. The van der Waals surface area contributed by atoms with E-state index in [-0.39, 0.29) is 34.1 Å². The first-order chi connectivity index (χ1) is 25.5.